The highest BCUT2D eigenvalue weighted by Gasteiger charge is 2.25. The fourth-order valence-corrected chi connectivity index (χ4v) is 2.75. The van der Waals surface area contributed by atoms with E-state index in [1.165, 1.54) is 25.1 Å². The number of non-ortho nitro benzene ring substituents is 1. The molecular formula is C18H17ClN2O6. The third-order valence-corrected chi connectivity index (χ3v) is 3.84. The number of aryl methyl sites for hydroxylation is 2. The van der Waals surface area contributed by atoms with Gasteiger partial charge in [0.2, 0.25) is 0 Å². The second-order valence-corrected chi connectivity index (χ2v) is 5.99. The monoisotopic (exact) mass is 392 g/mol. The van der Waals surface area contributed by atoms with Gasteiger partial charge >= 0.3 is 6.16 Å². The molecule has 0 spiro atoms. The Bertz CT molecular complexity index is 913. The topological polar surface area (TPSA) is 109 Å². The number of alkyl halides is 1. The molecule has 0 aliphatic heterocycles. The van der Waals surface area contributed by atoms with Crippen molar-refractivity contribution in [3.05, 3.63) is 51.3 Å². The summed E-state index contributed by atoms with van der Waals surface area (Å²) < 4.78 is 10.1. The van der Waals surface area contributed by atoms with E-state index in [0.29, 0.717) is 17.0 Å². The number of carbonyl (C=O) groups is 2. The summed E-state index contributed by atoms with van der Waals surface area (Å²) in [5, 5.41) is 11.1. The number of nitrogens with zero attached hydrogens (tertiary/aromatic N) is 2. The van der Waals surface area contributed by atoms with E-state index in [0.717, 1.165) is 0 Å². The maximum atomic E-state index is 12.2. The zero-order valence-corrected chi connectivity index (χ0v) is 15.7. The summed E-state index contributed by atoms with van der Waals surface area (Å²) in [6.07, 6.45) is -1.01. The van der Waals surface area contributed by atoms with E-state index < -0.39 is 11.1 Å². The maximum absolute atomic E-state index is 12.2. The molecule has 142 valence electrons. The molecule has 0 atom stereocenters. The van der Waals surface area contributed by atoms with E-state index >= 15 is 0 Å². The second-order valence-electron chi connectivity index (χ2n) is 5.61. The minimum Gasteiger partial charge on any atom is -0.433 e. The van der Waals surface area contributed by atoms with E-state index in [4.69, 9.17) is 21.1 Å². The van der Waals surface area contributed by atoms with Crippen LogP contribution in [0.2, 0.25) is 0 Å². The Balaban J connectivity index is 2.71. The average molecular weight is 393 g/mol. The molecule has 1 aromatic carbocycles. The zero-order chi connectivity index (χ0) is 20.1. The summed E-state index contributed by atoms with van der Waals surface area (Å²) in [6.45, 7) is 4.53. The molecular weight excluding hydrogens is 376 g/mol. The number of rotatable bonds is 6. The van der Waals surface area contributed by atoms with E-state index in [1.54, 1.807) is 19.9 Å². The molecule has 0 amide bonds. The third-order valence-electron chi connectivity index (χ3n) is 3.68. The summed E-state index contributed by atoms with van der Waals surface area (Å²) >= 11 is 5.49. The van der Waals surface area contributed by atoms with Crippen LogP contribution < -0.4 is 4.74 Å². The lowest BCUT2D eigenvalue weighted by Gasteiger charge is -2.17. The number of hydrogen-bond acceptors (Lipinski definition) is 7. The Morgan fingerprint density at radius 2 is 1.96 bits per heavy atom. The predicted octanol–water partition coefficient (Wildman–Crippen LogP) is 4.23. The summed E-state index contributed by atoms with van der Waals surface area (Å²) in [7, 11) is 0. The van der Waals surface area contributed by atoms with Gasteiger partial charge in [0.05, 0.1) is 22.1 Å². The van der Waals surface area contributed by atoms with Crippen LogP contribution in [0, 0.1) is 24.0 Å². The predicted molar refractivity (Wildman–Crippen MR) is 98.5 cm³/mol. The molecule has 0 aliphatic carbocycles. The van der Waals surface area contributed by atoms with Crippen molar-refractivity contribution in [1.29, 1.82) is 0 Å². The molecule has 8 nitrogen and oxygen atoms in total. The van der Waals surface area contributed by atoms with Crippen LogP contribution >= 0.6 is 11.6 Å². The Hall–Kier alpha value is -3.00. The fraction of sp³-hybridized carbons (Fsp3) is 0.278. The number of ketones is 1. The van der Waals surface area contributed by atoms with E-state index in [2.05, 4.69) is 4.98 Å². The second kappa shape index (κ2) is 8.59. The lowest BCUT2D eigenvalue weighted by Crippen LogP contribution is -2.15. The van der Waals surface area contributed by atoms with Crippen LogP contribution in [0.15, 0.2) is 24.3 Å². The molecule has 2 rings (SSSR count). The highest BCUT2D eigenvalue weighted by molar-refractivity contribution is 6.18. The van der Waals surface area contributed by atoms with Gasteiger partial charge in [0.25, 0.3) is 5.69 Å². The third kappa shape index (κ3) is 4.59. The quantitative estimate of drug-likeness (QED) is 0.238. The molecule has 9 heteroatoms. The van der Waals surface area contributed by atoms with Crippen LogP contribution in [0.3, 0.4) is 0 Å². The van der Waals surface area contributed by atoms with E-state index in [9.17, 15) is 19.7 Å². The van der Waals surface area contributed by atoms with Gasteiger partial charge in [-0.25, -0.2) is 4.79 Å². The van der Waals surface area contributed by atoms with Gasteiger partial charge < -0.3 is 9.47 Å². The first kappa shape index (κ1) is 20.3. The lowest BCUT2D eigenvalue weighted by molar-refractivity contribution is -0.384. The van der Waals surface area contributed by atoms with Crippen molar-refractivity contribution in [3.8, 4) is 16.9 Å². The number of ether oxygens (including phenoxy) is 2. The molecule has 0 bridgehead atoms. The smallest absolute Gasteiger partial charge is 0.433 e. The molecule has 0 radical (unpaired) electrons. The van der Waals surface area contributed by atoms with Crippen LogP contribution in [0.5, 0.6) is 5.75 Å². The van der Waals surface area contributed by atoms with Crippen LogP contribution in [0.4, 0.5) is 10.5 Å². The summed E-state index contributed by atoms with van der Waals surface area (Å²) in [4.78, 5) is 39.0. The molecule has 0 aliphatic rings. The Morgan fingerprint density at radius 1 is 1.26 bits per heavy atom. The summed E-state index contributed by atoms with van der Waals surface area (Å²) in [6, 6.07) is 5.70. The number of nitro groups is 1. The van der Waals surface area contributed by atoms with Gasteiger partial charge in [0, 0.05) is 23.4 Å². The number of pyridine rings is 1. The minimum absolute atomic E-state index is 0.00544. The van der Waals surface area contributed by atoms with Crippen molar-refractivity contribution in [2.75, 3.05) is 12.5 Å². The van der Waals surface area contributed by atoms with Crippen molar-refractivity contribution < 1.29 is 24.0 Å². The van der Waals surface area contributed by atoms with E-state index in [1.807, 2.05) is 0 Å². The molecule has 1 aromatic heterocycles. The molecule has 0 saturated heterocycles. The Kier molecular flexibility index (Phi) is 6.46. The SMILES string of the molecule is CC(=O)c1c(C)nc(C)c(OC(=O)OCCCl)c1-c1cccc([N+](=O)[O-])c1. The van der Waals surface area contributed by atoms with Crippen LogP contribution in [-0.4, -0.2) is 34.3 Å². The molecule has 2 aromatic rings. The number of carbonyl (C=O) groups excluding carboxylic acids is 2. The zero-order valence-electron chi connectivity index (χ0n) is 14.9. The summed E-state index contributed by atoms with van der Waals surface area (Å²) in [5.41, 5.74) is 1.40. The van der Waals surface area contributed by atoms with E-state index in [-0.39, 0.29) is 40.8 Å². The number of benzene rings is 1. The van der Waals surface area contributed by atoms with Crippen molar-refractivity contribution in [1.82, 2.24) is 4.98 Å². The van der Waals surface area contributed by atoms with Gasteiger partial charge in [-0.15, -0.1) is 11.6 Å². The Morgan fingerprint density at radius 3 is 2.56 bits per heavy atom. The summed E-state index contributed by atoms with van der Waals surface area (Å²) in [5.74, 6) is -0.220. The first-order chi connectivity index (χ1) is 12.8. The average Bonchev–Trinajstić information content (AvgIpc) is 2.61. The van der Waals surface area contributed by atoms with Crippen LogP contribution in [0.25, 0.3) is 11.1 Å². The van der Waals surface area contributed by atoms with Crippen LogP contribution in [-0.2, 0) is 4.74 Å². The molecule has 0 fully saturated rings. The van der Waals surface area contributed by atoms with Gasteiger partial charge in [-0.3, -0.25) is 19.9 Å². The van der Waals surface area contributed by atoms with Gasteiger partial charge in [0.15, 0.2) is 11.5 Å². The number of halogens is 1. The fourth-order valence-electron chi connectivity index (χ4n) is 2.67. The maximum Gasteiger partial charge on any atom is 0.513 e. The van der Waals surface area contributed by atoms with Crippen molar-refractivity contribution in [3.63, 3.8) is 0 Å². The Labute approximate surface area is 160 Å². The van der Waals surface area contributed by atoms with Gasteiger partial charge in [0.1, 0.15) is 6.61 Å². The van der Waals surface area contributed by atoms with Crippen LogP contribution in [0.1, 0.15) is 28.7 Å². The first-order valence-corrected chi connectivity index (χ1v) is 8.47. The number of nitro benzene ring substituents is 1. The number of hydrogen-bond donors (Lipinski definition) is 0. The largest absolute Gasteiger partial charge is 0.513 e. The standard InChI is InChI=1S/C18H17ClN2O6/c1-10-15(12(3)22)16(13-5-4-6-14(9-13)21(24)25)17(11(2)20-10)27-18(23)26-8-7-19/h4-6,9H,7-8H2,1-3H3. The van der Waals surface area contributed by atoms with Crippen molar-refractivity contribution in [2.45, 2.75) is 20.8 Å². The minimum atomic E-state index is -1.01. The van der Waals surface area contributed by atoms with Crippen molar-refractivity contribution >= 4 is 29.2 Å². The number of Topliss-reactive ketones (excluding diaryl/α,β-unsaturated/α-hetero) is 1. The molecule has 0 unspecified atom stereocenters. The van der Waals surface area contributed by atoms with Gasteiger partial charge in [-0.1, -0.05) is 12.1 Å². The molecule has 27 heavy (non-hydrogen) atoms. The first-order valence-electron chi connectivity index (χ1n) is 7.93. The van der Waals surface area contributed by atoms with Gasteiger partial charge in [-0.2, -0.15) is 0 Å². The van der Waals surface area contributed by atoms with Crippen molar-refractivity contribution in [2.24, 2.45) is 0 Å². The highest BCUT2D eigenvalue weighted by atomic mass is 35.5. The lowest BCUT2D eigenvalue weighted by atomic mass is 9.94. The highest BCUT2D eigenvalue weighted by Crippen LogP contribution is 2.38. The molecule has 1 heterocycles. The molecule has 0 N–H and O–H groups in total. The normalized spacial score (nSPS) is 10.4. The van der Waals surface area contributed by atoms with Gasteiger partial charge in [-0.05, 0) is 26.3 Å². The molecule has 0 saturated carbocycles. The number of aromatic nitrogens is 1.